The minimum absolute atomic E-state index is 0.116. The van der Waals surface area contributed by atoms with Crippen LogP contribution in [0.15, 0.2) is 35.4 Å². The number of benzene rings is 1. The molecule has 0 aromatic heterocycles. The van der Waals surface area contributed by atoms with E-state index in [-0.39, 0.29) is 18.9 Å². The van der Waals surface area contributed by atoms with Crippen molar-refractivity contribution in [2.24, 2.45) is 29.6 Å². The summed E-state index contributed by atoms with van der Waals surface area (Å²) in [5, 5.41) is 0. The van der Waals surface area contributed by atoms with Gasteiger partial charge in [-0.3, -0.25) is 0 Å². The Kier molecular flexibility index (Phi) is 13.9. The van der Waals surface area contributed by atoms with E-state index in [0.717, 1.165) is 57.5 Å². The van der Waals surface area contributed by atoms with Crippen molar-refractivity contribution in [3.05, 3.63) is 52.6 Å². The molecular formula is C39H49F11O3. The molecule has 0 saturated heterocycles. The molecule has 0 radical (unpaired) electrons. The summed E-state index contributed by atoms with van der Waals surface area (Å²) in [6.45, 7) is 3.05. The fourth-order valence-corrected chi connectivity index (χ4v) is 9.16. The first-order chi connectivity index (χ1) is 25.0. The van der Waals surface area contributed by atoms with Gasteiger partial charge in [0.25, 0.3) is 0 Å². The predicted octanol–water partition coefficient (Wildman–Crippen LogP) is 13.4. The molecule has 3 saturated carbocycles. The van der Waals surface area contributed by atoms with E-state index in [1.165, 1.54) is 32.1 Å². The highest BCUT2D eigenvalue weighted by Gasteiger charge is 2.52. The Bertz CT molecular complexity index is 1390. The number of hydrogen-bond donors (Lipinski definition) is 0. The summed E-state index contributed by atoms with van der Waals surface area (Å²) in [4.78, 5) is 0. The van der Waals surface area contributed by atoms with Gasteiger partial charge in [0.1, 0.15) is 34.6 Å². The van der Waals surface area contributed by atoms with Crippen molar-refractivity contribution in [1.29, 1.82) is 0 Å². The quantitative estimate of drug-likeness (QED) is 0.139. The molecule has 0 aliphatic heterocycles. The van der Waals surface area contributed by atoms with Crippen molar-refractivity contribution in [1.82, 2.24) is 0 Å². The van der Waals surface area contributed by atoms with Crippen LogP contribution in [0.25, 0.3) is 0 Å². The second-order valence-corrected chi connectivity index (χ2v) is 15.4. The van der Waals surface area contributed by atoms with Crippen molar-refractivity contribution < 1.29 is 62.5 Å². The average molecular weight is 775 g/mol. The van der Waals surface area contributed by atoms with Crippen LogP contribution in [0.5, 0.6) is 5.75 Å². The van der Waals surface area contributed by atoms with E-state index in [9.17, 15) is 30.7 Å². The third-order valence-corrected chi connectivity index (χ3v) is 11.9. The number of halogens is 11. The van der Waals surface area contributed by atoms with Crippen molar-refractivity contribution in [2.75, 3.05) is 6.61 Å². The van der Waals surface area contributed by atoms with Gasteiger partial charge in [-0.25, -0.2) is 22.3 Å². The van der Waals surface area contributed by atoms with Crippen molar-refractivity contribution >= 4 is 0 Å². The van der Waals surface area contributed by atoms with Gasteiger partial charge in [0.2, 0.25) is 0 Å². The molecule has 5 rings (SSSR count). The van der Waals surface area contributed by atoms with Crippen molar-refractivity contribution in [3.63, 3.8) is 0 Å². The Hall–Kier alpha value is -2.35. The molecule has 0 spiro atoms. The minimum atomic E-state index is -5.95. The van der Waals surface area contributed by atoms with Crippen LogP contribution in [0.2, 0.25) is 0 Å². The molecular weight excluding hydrogens is 725 g/mol. The topological polar surface area (TPSA) is 27.7 Å². The van der Waals surface area contributed by atoms with Gasteiger partial charge in [0.15, 0.2) is 0 Å². The Morgan fingerprint density at radius 3 is 1.66 bits per heavy atom. The second kappa shape index (κ2) is 17.6. The molecule has 14 heteroatoms. The highest BCUT2D eigenvalue weighted by Crippen LogP contribution is 2.49. The van der Waals surface area contributed by atoms with Crippen LogP contribution in [0.4, 0.5) is 48.3 Å². The van der Waals surface area contributed by atoms with Crippen molar-refractivity contribution in [3.8, 4) is 5.75 Å². The molecule has 0 amide bonds. The minimum Gasteiger partial charge on any atom is -0.432 e. The Labute approximate surface area is 303 Å². The van der Waals surface area contributed by atoms with Crippen LogP contribution in [0.3, 0.4) is 0 Å². The van der Waals surface area contributed by atoms with E-state index in [2.05, 4.69) is 11.7 Å². The summed E-state index contributed by atoms with van der Waals surface area (Å²) < 4.78 is 168. The van der Waals surface area contributed by atoms with Crippen LogP contribution < -0.4 is 4.74 Å². The van der Waals surface area contributed by atoms with Gasteiger partial charge in [0, 0.05) is 36.6 Å². The largest absolute Gasteiger partial charge is 0.527 e. The maximum atomic E-state index is 15.3. The fraction of sp³-hybridized carbons (Fsp3) is 0.744. The maximum Gasteiger partial charge on any atom is 0.527 e. The van der Waals surface area contributed by atoms with Gasteiger partial charge >= 0.3 is 18.6 Å². The van der Waals surface area contributed by atoms with Crippen LogP contribution in [-0.4, -0.2) is 31.3 Å². The zero-order valence-electron chi connectivity index (χ0n) is 29.9. The van der Waals surface area contributed by atoms with E-state index >= 15 is 17.6 Å². The summed E-state index contributed by atoms with van der Waals surface area (Å²) in [6, 6.07) is 0.795. The lowest BCUT2D eigenvalue weighted by Gasteiger charge is -2.42. The van der Waals surface area contributed by atoms with Crippen LogP contribution >= 0.6 is 0 Å². The van der Waals surface area contributed by atoms with E-state index in [1.54, 1.807) is 0 Å². The van der Waals surface area contributed by atoms with Gasteiger partial charge in [-0.2, -0.15) is 17.6 Å². The van der Waals surface area contributed by atoms with Gasteiger partial charge in [-0.15, -0.1) is 13.2 Å². The Morgan fingerprint density at radius 1 is 0.660 bits per heavy atom. The normalized spacial score (nSPS) is 29.3. The standard InChI is InChI=1S/C39H49F11O3/c1-2-3-4-5-18-51-29-16-12-26(13-17-29)24-8-6-23(7-9-24)25-10-14-28(15-11-25)37(44,45)52-30-21-31(40)35(32(41)22-30)27-19-33(42)36(34(43)20-27)38(46,47)53-39(48,49)50/h19,21-29H,2-18,20H2,1H3/t23?,24?,25?,26?,27-,28?,29?/m0/s1. The first-order valence-corrected chi connectivity index (χ1v) is 19.1. The zero-order chi connectivity index (χ0) is 38.6. The molecule has 4 aliphatic rings. The SMILES string of the molecule is CCCCCCOC1CCC(C2CCC(C3CCC(C(F)(F)Oc4cc(F)c([C@H]5C=C(F)C(C(F)(F)OC(F)(F)F)=C(F)C5)c(F)c4)CC3)CC2)CC1. The van der Waals surface area contributed by atoms with E-state index < -0.39 is 77.0 Å². The summed E-state index contributed by atoms with van der Waals surface area (Å²) in [6.07, 6.45) is -0.671. The molecule has 4 aliphatic carbocycles. The number of allylic oxidation sites excluding steroid dienone is 2. The summed E-state index contributed by atoms with van der Waals surface area (Å²) in [7, 11) is 0. The summed E-state index contributed by atoms with van der Waals surface area (Å²) in [5.41, 5.74) is -3.42. The first kappa shape index (κ1) is 41.8. The third-order valence-electron chi connectivity index (χ3n) is 11.9. The molecule has 3 fully saturated rings. The molecule has 3 nitrogen and oxygen atoms in total. The lowest BCUT2D eigenvalue weighted by molar-refractivity contribution is -0.412. The average Bonchev–Trinajstić information content (AvgIpc) is 3.06. The molecule has 1 atom stereocenters. The number of rotatable bonds is 14. The lowest BCUT2D eigenvalue weighted by Crippen LogP contribution is -2.38. The van der Waals surface area contributed by atoms with Crippen LogP contribution in [0, 0.1) is 41.2 Å². The van der Waals surface area contributed by atoms with Crippen molar-refractivity contribution in [2.45, 2.75) is 147 Å². The molecule has 1 aromatic rings. The van der Waals surface area contributed by atoms with Gasteiger partial charge < -0.3 is 9.47 Å². The molecule has 0 bridgehead atoms. The zero-order valence-corrected chi connectivity index (χ0v) is 29.9. The van der Waals surface area contributed by atoms with Gasteiger partial charge in [0.05, 0.1) is 12.0 Å². The number of ether oxygens (including phenoxy) is 3. The molecule has 1 aromatic carbocycles. The number of unbranched alkanes of at least 4 members (excludes halogenated alkanes) is 3. The van der Waals surface area contributed by atoms with Gasteiger partial charge in [-0.05, 0) is 113 Å². The lowest BCUT2D eigenvalue weighted by atomic mass is 9.65. The van der Waals surface area contributed by atoms with Crippen LogP contribution in [-0.2, 0) is 9.47 Å². The Morgan fingerprint density at radius 2 is 1.17 bits per heavy atom. The number of alkyl halides is 7. The van der Waals surface area contributed by atoms with E-state index in [4.69, 9.17) is 9.47 Å². The van der Waals surface area contributed by atoms with Crippen LogP contribution in [0.1, 0.15) is 128 Å². The predicted molar refractivity (Wildman–Crippen MR) is 175 cm³/mol. The monoisotopic (exact) mass is 774 g/mol. The Balaban J connectivity index is 1.08. The molecule has 53 heavy (non-hydrogen) atoms. The highest BCUT2D eigenvalue weighted by molar-refractivity contribution is 5.43. The van der Waals surface area contributed by atoms with E-state index in [1.807, 2.05) is 0 Å². The maximum absolute atomic E-state index is 15.3. The molecule has 0 heterocycles. The highest BCUT2D eigenvalue weighted by atomic mass is 19.4. The first-order valence-electron chi connectivity index (χ1n) is 19.1. The summed E-state index contributed by atoms with van der Waals surface area (Å²) >= 11 is 0. The summed E-state index contributed by atoms with van der Waals surface area (Å²) in [5.74, 6) is -9.28. The molecule has 0 unspecified atom stereocenters. The molecule has 0 N–H and O–H groups in total. The third kappa shape index (κ3) is 10.9. The molecule has 300 valence electrons. The second-order valence-electron chi connectivity index (χ2n) is 15.4. The fourth-order valence-electron chi connectivity index (χ4n) is 9.16. The smallest absolute Gasteiger partial charge is 0.432 e. The van der Waals surface area contributed by atoms with E-state index in [0.29, 0.717) is 48.8 Å². The van der Waals surface area contributed by atoms with Gasteiger partial charge in [-0.1, -0.05) is 26.2 Å². The number of hydrogen-bond acceptors (Lipinski definition) is 3.